The number of hydrogen-bond donors (Lipinski definition) is 1. The van der Waals surface area contributed by atoms with Gasteiger partial charge in [0.05, 0.1) is 0 Å². The number of ether oxygens (including phenoxy) is 1. The van der Waals surface area contributed by atoms with Crippen molar-refractivity contribution in [3.05, 3.63) is 40.7 Å². The molecule has 0 spiro atoms. The van der Waals surface area contributed by atoms with Crippen LogP contribution in [0.15, 0.2) is 18.2 Å². The van der Waals surface area contributed by atoms with Crippen molar-refractivity contribution in [1.29, 1.82) is 0 Å². The summed E-state index contributed by atoms with van der Waals surface area (Å²) in [6.45, 7) is 6.80. The molecule has 0 saturated heterocycles. The molecule has 1 aromatic carbocycles. The number of rotatable bonds is 7. The van der Waals surface area contributed by atoms with Crippen molar-refractivity contribution in [2.45, 2.75) is 46.8 Å². The van der Waals surface area contributed by atoms with E-state index < -0.39 is 5.97 Å². The van der Waals surface area contributed by atoms with E-state index in [1.54, 1.807) is 4.68 Å². The maximum Gasteiger partial charge on any atom is 0.358 e. The SMILES string of the molecule is CCCCn1nnc(C(=O)O)c1COc1cc(C)ccc1C. The van der Waals surface area contributed by atoms with Crippen molar-refractivity contribution in [2.75, 3.05) is 0 Å². The molecule has 0 aliphatic rings. The molecular weight excluding hydrogens is 282 g/mol. The molecule has 2 rings (SSSR count). The quantitative estimate of drug-likeness (QED) is 0.851. The Morgan fingerprint density at radius 3 is 2.82 bits per heavy atom. The molecule has 0 bridgehead atoms. The van der Waals surface area contributed by atoms with E-state index in [9.17, 15) is 9.90 Å². The average Bonchev–Trinajstić information content (AvgIpc) is 2.89. The number of benzene rings is 1. The van der Waals surface area contributed by atoms with Gasteiger partial charge in [0, 0.05) is 6.54 Å². The molecule has 6 nitrogen and oxygen atoms in total. The minimum absolute atomic E-state index is 0.0404. The first-order valence-electron chi connectivity index (χ1n) is 7.38. The van der Waals surface area contributed by atoms with E-state index in [1.165, 1.54) is 0 Å². The van der Waals surface area contributed by atoms with Crippen LogP contribution in [0.25, 0.3) is 0 Å². The molecule has 0 atom stereocenters. The van der Waals surface area contributed by atoms with Crippen molar-refractivity contribution >= 4 is 5.97 Å². The van der Waals surface area contributed by atoms with Crippen LogP contribution in [0.5, 0.6) is 5.75 Å². The third kappa shape index (κ3) is 3.63. The molecule has 0 amide bonds. The predicted octanol–water partition coefficient (Wildman–Crippen LogP) is 2.97. The zero-order chi connectivity index (χ0) is 16.1. The van der Waals surface area contributed by atoms with Gasteiger partial charge in [-0.1, -0.05) is 30.7 Å². The fraction of sp³-hybridized carbons (Fsp3) is 0.438. The second-order valence-electron chi connectivity index (χ2n) is 5.32. The molecule has 0 aliphatic carbocycles. The Balaban J connectivity index is 2.21. The summed E-state index contributed by atoms with van der Waals surface area (Å²) < 4.78 is 7.43. The van der Waals surface area contributed by atoms with Crippen molar-refractivity contribution in [3.63, 3.8) is 0 Å². The van der Waals surface area contributed by atoms with Crippen LogP contribution in [0.4, 0.5) is 0 Å². The van der Waals surface area contributed by atoms with Crippen molar-refractivity contribution in [1.82, 2.24) is 15.0 Å². The van der Waals surface area contributed by atoms with E-state index >= 15 is 0 Å². The number of hydrogen-bond acceptors (Lipinski definition) is 4. The summed E-state index contributed by atoms with van der Waals surface area (Å²) in [5, 5.41) is 16.9. The highest BCUT2D eigenvalue weighted by Gasteiger charge is 2.19. The van der Waals surface area contributed by atoms with E-state index in [-0.39, 0.29) is 12.3 Å². The first-order valence-corrected chi connectivity index (χ1v) is 7.38. The Bertz CT molecular complexity index is 665. The largest absolute Gasteiger partial charge is 0.487 e. The highest BCUT2D eigenvalue weighted by Crippen LogP contribution is 2.21. The Kier molecular flexibility index (Phi) is 5.14. The number of carboxylic acid groups (broad SMARTS) is 1. The first-order chi connectivity index (χ1) is 10.5. The van der Waals surface area contributed by atoms with E-state index in [0.717, 1.165) is 29.7 Å². The Labute approximate surface area is 129 Å². The molecule has 0 radical (unpaired) electrons. The standard InChI is InChI=1S/C16H21N3O3/c1-4-5-8-19-13(15(16(20)21)17-18-19)10-22-14-9-11(2)6-7-12(14)3/h6-7,9H,4-5,8,10H2,1-3H3,(H,20,21). The van der Waals surface area contributed by atoms with Crippen LogP contribution in [0.1, 0.15) is 47.1 Å². The summed E-state index contributed by atoms with van der Waals surface area (Å²) in [5.41, 5.74) is 2.56. The van der Waals surface area contributed by atoms with Gasteiger partial charge in [-0.25, -0.2) is 9.48 Å². The predicted molar refractivity (Wildman–Crippen MR) is 82.1 cm³/mol. The lowest BCUT2D eigenvalue weighted by Crippen LogP contribution is -2.12. The number of aryl methyl sites for hydroxylation is 3. The lowest BCUT2D eigenvalue weighted by atomic mass is 10.1. The van der Waals surface area contributed by atoms with Gasteiger partial charge in [0.2, 0.25) is 0 Å². The zero-order valence-electron chi connectivity index (χ0n) is 13.2. The van der Waals surface area contributed by atoms with Crippen LogP contribution >= 0.6 is 0 Å². The summed E-state index contributed by atoms with van der Waals surface area (Å²) in [7, 11) is 0. The second kappa shape index (κ2) is 7.06. The third-order valence-electron chi connectivity index (χ3n) is 3.47. The Morgan fingerprint density at radius 1 is 1.36 bits per heavy atom. The zero-order valence-corrected chi connectivity index (χ0v) is 13.2. The molecular formula is C16H21N3O3. The van der Waals surface area contributed by atoms with Gasteiger partial charge in [0.1, 0.15) is 18.1 Å². The fourth-order valence-corrected chi connectivity index (χ4v) is 2.14. The molecule has 0 saturated carbocycles. The van der Waals surface area contributed by atoms with Crippen LogP contribution in [0, 0.1) is 13.8 Å². The number of aromatic nitrogens is 3. The van der Waals surface area contributed by atoms with Gasteiger partial charge in [-0.05, 0) is 37.5 Å². The number of aromatic carboxylic acids is 1. The second-order valence-corrected chi connectivity index (χ2v) is 5.32. The number of nitrogens with zero attached hydrogens (tertiary/aromatic N) is 3. The summed E-state index contributed by atoms with van der Waals surface area (Å²) in [6, 6.07) is 5.93. The van der Waals surface area contributed by atoms with Crippen LogP contribution in [0.3, 0.4) is 0 Å². The molecule has 118 valence electrons. The minimum Gasteiger partial charge on any atom is -0.487 e. The molecule has 1 N–H and O–H groups in total. The summed E-state index contributed by atoms with van der Waals surface area (Å²) in [5.74, 6) is -0.332. The van der Waals surface area contributed by atoms with Crippen LogP contribution in [-0.4, -0.2) is 26.1 Å². The molecule has 6 heteroatoms. The van der Waals surface area contributed by atoms with Crippen molar-refractivity contribution in [2.24, 2.45) is 0 Å². The monoisotopic (exact) mass is 303 g/mol. The summed E-state index contributed by atoms with van der Waals surface area (Å²) in [4.78, 5) is 11.3. The lowest BCUT2D eigenvalue weighted by Gasteiger charge is -2.11. The van der Waals surface area contributed by atoms with Gasteiger partial charge in [-0.15, -0.1) is 5.10 Å². The Hall–Kier alpha value is -2.37. The van der Waals surface area contributed by atoms with Gasteiger partial charge in [0.15, 0.2) is 5.69 Å². The number of carboxylic acids is 1. The molecule has 2 aromatic rings. The average molecular weight is 303 g/mol. The molecule has 22 heavy (non-hydrogen) atoms. The highest BCUT2D eigenvalue weighted by molar-refractivity contribution is 5.86. The summed E-state index contributed by atoms with van der Waals surface area (Å²) in [6.07, 6.45) is 1.92. The van der Waals surface area contributed by atoms with Gasteiger partial charge in [0.25, 0.3) is 0 Å². The van der Waals surface area contributed by atoms with Crippen LogP contribution in [0.2, 0.25) is 0 Å². The van der Waals surface area contributed by atoms with E-state index in [1.807, 2.05) is 32.0 Å². The fourth-order valence-electron chi connectivity index (χ4n) is 2.14. The minimum atomic E-state index is -1.08. The topological polar surface area (TPSA) is 77.2 Å². The smallest absolute Gasteiger partial charge is 0.358 e. The summed E-state index contributed by atoms with van der Waals surface area (Å²) >= 11 is 0. The third-order valence-corrected chi connectivity index (χ3v) is 3.47. The highest BCUT2D eigenvalue weighted by atomic mass is 16.5. The maximum absolute atomic E-state index is 11.3. The molecule has 0 aliphatic heterocycles. The molecule has 0 fully saturated rings. The van der Waals surface area contributed by atoms with Crippen LogP contribution < -0.4 is 4.74 Å². The van der Waals surface area contributed by atoms with E-state index in [0.29, 0.717) is 12.2 Å². The van der Waals surface area contributed by atoms with Crippen molar-refractivity contribution in [3.8, 4) is 5.75 Å². The van der Waals surface area contributed by atoms with Gasteiger partial charge in [-0.2, -0.15) is 0 Å². The van der Waals surface area contributed by atoms with E-state index in [4.69, 9.17) is 4.74 Å². The Morgan fingerprint density at radius 2 is 2.14 bits per heavy atom. The van der Waals surface area contributed by atoms with Gasteiger partial charge in [-0.3, -0.25) is 0 Å². The van der Waals surface area contributed by atoms with Gasteiger partial charge < -0.3 is 9.84 Å². The van der Waals surface area contributed by atoms with Crippen molar-refractivity contribution < 1.29 is 14.6 Å². The molecule has 1 aromatic heterocycles. The number of carbonyl (C=O) groups is 1. The number of unbranched alkanes of at least 4 members (excludes halogenated alkanes) is 1. The van der Waals surface area contributed by atoms with Gasteiger partial charge >= 0.3 is 5.97 Å². The van der Waals surface area contributed by atoms with Crippen LogP contribution in [-0.2, 0) is 13.2 Å². The normalized spacial score (nSPS) is 10.7. The van der Waals surface area contributed by atoms with E-state index in [2.05, 4.69) is 17.2 Å². The molecule has 0 unspecified atom stereocenters. The molecule has 1 heterocycles. The lowest BCUT2D eigenvalue weighted by molar-refractivity contribution is 0.0687. The maximum atomic E-state index is 11.3. The first kappa shape index (κ1) is 16.0.